The van der Waals surface area contributed by atoms with Crippen LogP contribution in [-0.4, -0.2) is 21.0 Å². The van der Waals surface area contributed by atoms with E-state index < -0.39 is 5.97 Å². The third-order valence-corrected chi connectivity index (χ3v) is 2.98. The van der Waals surface area contributed by atoms with Gasteiger partial charge < -0.3 is 5.11 Å². The highest BCUT2D eigenvalue weighted by atomic mass is 35.5. The first kappa shape index (κ1) is 10.9. The number of rotatable bonds is 1. The number of halogens is 1. The van der Waals surface area contributed by atoms with Crippen LogP contribution in [0.4, 0.5) is 0 Å². The Bertz CT molecular complexity index is 786. The van der Waals surface area contributed by atoms with Gasteiger partial charge in [0.15, 0.2) is 0 Å². The van der Waals surface area contributed by atoms with Gasteiger partial charge in [0.1, 0.15) is 11.0 Å². The highest BCUT2D eigenvalue weighted by molar-refractivity contribution is 6.35. The van der Waals surface area contributed by atoms with E-state index in [1.807, 2.05) is 0 Å². The Labute approximate surface area is 107 Å². The molecule has 0 radical (unpaired) electrons. The molecule has 1 aromatic heterocycles. The summed E-state index contributed by atoms with van der Waals surface area (Å²) in [5.41, 5.74) is 2.19. The van der Waals surface area contributed by atoms with Gasteiger partial charge in [-0.3, -0.25) is 0 Å². The van der Waals surface area contributed by atoms with Gasteiger partial charge in [0.25, 0.3) is 0 Å². The Morgan fingerprint density at radius 2 is 1.67 bits per heavy atom. The van der Waals surface area contributed by atoms with Crippen LogP contribution < -0.4 is 0 Å². The molecular formula is C13H7ClN2O2. The predicted molar refractivity (Wildman–Crippen MR) is 69.0 cm³/mol. The lowest BCUT2D eigenvalue weighted by Gasteiger charge is -2.04. The van der Waals surface area contributed by atoms with E-state index >= 15 is 0 Å². The minimum Gasteiger partial charge on any atom is -0.478 e. The second kappa shape index (κ2) is 3.92. The van der Waals surface area contributed by atoms with Crippen LogP contribution in [0, 0.1) is 0 Å². The summed E-state index contributed by atoms with van der Waals surface area (Å²) in [6, 6.07) is 10.2. The van der Waals surface area contributed by atoms with Crippen molar-refractivity contribution in [2.75, 3.05) is 0 Å². The van der Waals surface area contributed by atoms with Crippen LogP contribution in [0.3, 0.4) is 0 Å². The Morgan fingerprint density at radius 1 is 1.00 bits per heavy atom. The summed E-state index contributed by atoms with van der Waals surface area (Å²) in [6.07, 6.45) is 0. The molecule has 3 rings (SSSR count). The maximum Gasteiger partial charge on any atom is 0.337 e. The highest BCUT2D eigenvalue weighted by Gasteiger charge is 2.12. The van der Waals surface area contributed by atoms with E-state index in [1.54, 1.807) is 30.3 Å². The van der Waals surface area contributed by atoms with Gasteiger partial charge in [0.2, 0.25) is 0 Å². The van der Waals surface area contributed by atoms with Crippen molar-refractivity contribution < 1.29 is 9.90 Å². The van der Waals surface area contributed by atoms with Gasteiger partial charge >= 0.3 is 5.97 Å². The highest BCUT2D eigenvalue weighted by Crippen LogP contribution is 2.24. The van der Waals surface area contributed by atoms with Crippen LogP contribution in [0.2, 0.25) is 5.02 Å². The number of carboxylic acid groups (broad SMARTS) is 1. The van der Waals surface area contributed by atoms with Gasteiger partial charge in [-0.1, -0.05) is 23.7 Å². The van der Waals surface area contributed by atoms with Gasteiger partial charge in [-0.2, -0.15) is 0 Å². The second-order valence-corrected chi connectivity index (χ2v) is 4.22. The third kappa shape index (κ3) is 1.58. The number of carbonyl (C=O) groups is 1. The molecule has 18 heavy (non-hydrogen) atoms. The van der Waals surface area contributed by atoms with Crippen LogP contribution in [0.1, 0.15) is 10.4 Å². The molecular weight excluding hydrogens is 252 g/mol. The smallest absolute Gasteiger partial charge is 0.337 e. The van der Waals surface area contributed by atoms with E-state index in [9.17, 15) is 4.79 Å². The first-order valence-corrected chi connectivity index (χ1v) is 5.63. The quantitative estimate of drug-likeness (QED) is 0.681. The van der Waals surface area contributed by atoms with E-state index in [4.69, 9.17) is 16.7 Å². The largest absolute Gasteiger partial charge is 0.478 e. The first-order chi connectivity index (χ1) is 8.66. The van der Waals surface area contributed by atoms with Crippen molar-refractivity contribution in [3.05, 3.63) is 47.0 Å². The number of hydrogen-bond donors (Lipinski definition) is 1. The van der Waals surface area contributed by atoms with Crippen LogP contribution in [-0.2, 0) is 0 Å². The number of hydrogen-bond acceptors (Lipinski definition) is 3. The molecule has 1 heterocycles. The number of benzene rings is 2. The summed E-state index contributed by atoms with van der Waals surface area (Å²) < 4.78 is 0. The lowest BCUT2D eigenvalue weighted by Crippen LogP contribution is -2.00. The number of aromatic carboxylic acids is 1. The van der Waals surface area contributed by atoms with Crippen molar-refractivity contribution in [3.63, 3.8) is 0 Å². The molecule has 0 amide bonds. The molecule has 0 aliphatic carbocycles. The zero-order valence-electron chi connectivity index (χ0n) is 9.09. The summed E-state index contributed by atoms with van der Waals surface area (Å²) >= 11 is 6.04. The van der Waals surface area contributed by atoms with Gasteiger partial charge in [-0.05, 0) is 24.3 Å². The molecule has 4 nitrogen and oxygen atoms in total. The fraction of sp³-hybridized carbons (Fsp3) is 0. The van der Waals surface area contributed by atoms with E-state index in [2.05, 4.69) is 9.97 Å². The molecule has 0 aliphatic heterocycles. The number of para-hydroxylation sites is 2. The average molecular weight is 259 g/mol. The summed E-state index contributed by atoms with van der Waals surface area (Å²) in [5, 5.41) is 9.58. The molecule has 0 atom stereocenters. The summed E-state index contributed by atoms with van der Waals surface area (Å²) in [6.45, 7) is 0. The lowest BCUT2D eigenvalue weighted by molar-refractivity contribution is 0.0699. The normalized spacial score (nSPS) is 10.9. The number of carboxylic acids is 1. The van der Waals surface area contributed by atoms with Crippen LogP contribution in [0.15, 0.2) is 36.4 Å². The number of nitrogens with zero attached hydrogens (tertiary/aromatic N) is 2. The molecule has 2 aromatic carbocycles. The van der Waals surface area contributed by atoms with Crippen LogP contribution >= 0.6 is 11.6 Å². The molecule has 1 N–H and O–H groups in total. The fourth-order valence-corrected chi connectivity index (χ4v) is 2.07. The molecule has 0 unspecified atom stereocenters. The number of fused-ring (bicyclic) bond motifs is 2. The SMILES string of the molecule is O=C(O)c1cccc2nc3cccc(Cl)c3nc12. The van der Waals surface area contributed by atoms with Crippen LogP contribution in [0.5, 0.6) is 0 Å². The summed E-state index contributed by atoms with van der Waals surface area (Å²) in [5.74, 6) is -1.03. The van der Waals surface area contributed by atoms with Crippen molar-refractivity contribution >= 4 is 39.6 Å². The summed E-state index contributed by atoms with van der Waals surface area (Å²) in [7, 11) is 0. The maximum absolute atomic E-state index is 11.1. The van der Waals surface area contributed by atoms with E-state index in [0.29, 0.717) is 27.1 Å². The van der Waals surface area contributed by atoms with Gasteiger partial charge in [0, 0.05) is 0 Å². The summed E-state index contributed by atoms with van der Waals surface area (Å²) in [4.78, 5) is 19.8. The molecule has 0 saturated heterocycles. The van der Waals surface area contributed by atoms with Crippen LogP contribution in [0.25, 0.3) is 22.1 Å². The Hall–Kier alpha value is -2.20. The Morgan fingerprint density at radius 3 is 2.39 bits per heavy atom. The Kier molecular flexibility index (Phi) is 2.38. The van der Waals surface area contributed by atoms with Gasteiger partial charge in [-0.15, -0.1) is 0 Å². The monoisotopic (exact) mass is 258 g/mol. The molecule has 88 valence electrons. The minimum absolute atomic E-state index is 0.127. The van der Waals surface area contributed by atoms with E-state index in [-0.39, 0.29) is 5.56 Å². The van der Waals surface area contributed by atoms with Crippen molar-refractivity contribution in [2.24, 2.45) is 0 Å². The molecule has 0 fully saturated rings. The fourth-order valence-electron chi connectivity index (χ4n) is 1.86. The Balaban J connectivity index is 2.50. The third-order valence-electron chi connectivity index (χ3n) is 2.68. The van der Waals surface area contributed by atoms with Crippen molar-refractivity contribution in [2.45, 2.75) is 0 Å². The van der Waals surface area contributed by atoms with Crippen molar-refractivity contribution in [3.8, 4) is 0 Å². The topological polar surface area (TPSA) is 63.1 Å². The van der Waals surface area contributed by atoms with Gasteiger partial charge in [-0.25, -0.2) is 14.8 Å². The predicted octanol–water partition coefficient (Wildman–Crippen LogP) is 3.13. The zero-order chi connectivity index (χ0) is 12.7. The van der Waals surface area contributed by atoms with E-state index in [1.165, 1.54) is 6.07 Å². The second-order valence-electron chi connectivity index (χ2n) is 3.81. The first-order valence-electron chi connectivity index (χ1n) is 5.25. The van der Waals surface area contributed by atoms with E-state index in [0.717, 1.165) is 0 Å². The minimum atomic E-state index is -1.03. The molecule has 0 saturated carbocycles. The van der Waals surface area contributed by atoms with Crippen molar-refractivity contribution in [1.29, 1.82) is 0 Å². The standard InChI is InChI=1S/C13H7ClN2O2/c14-8-4-2-6-10-12(8)16-11-7(13(17)18)3-1-5-9(11)15-10/h1-6H,(H,17,18). The van der Waals surface area contributed by atoms with Gasteiger partial charge in [0.05, 0.1) is 21.6 Å². The maximum atomic E-state index is 11.1. The molecule has 0 spiro atoms. The molecule has 0 aliphatic rings. The molecule has 5 heteroatoms. The van der Waals surface area contributed by atoms with Crippen molar-refractivity contribution in [1.82, 2.24) is 9.97 Å². The average Bonchev–Trinajstić information content (AvgIpc) is 2.36. The lowest BCUT2D eigenvalue weighted by atomic mass is 10.1. The zero-order valence-corrected chi connectivity index (χ0v) is 9.85. The molecule has 3 aromatic rings. The molecule has 0 bridgehead atoms. The number of aromatic nitrogens is 2.